The van der Waals surface area contributed by atoms with Crippen molar-refractivity contribution in [2.75, 3.05) is 13.2 Å². The van der Waals surface area contributed by atoms with Crippen LogP contribution in [0, 0.1) is 6.92 Å². The van der Waals surface area contributed by atoms with Gasteiger partial charge in [0.05, 0.1) is 12.0 Å². The third-order valence-corrected chi connectivity index (χ3v) is 4.11. The number of amides is 1. The highest BCUT2D eigenvalue weighted by Gasteiger charge is 2.40. The molecule has 1 aliphatic rings. The molecule has 104 valence electrons. The molecule has 2 N–H and O–H groups in total. The highest BCUT2D eigenvalue weighted by molar-refractivity contribution is 5.88. The van der Waals surface area contributed by atoms with E-state index >= 15 is 0 Å². The number of hydrogen-bond acceptors (Lipinski definition) is 2. The molecule has 2 rings (SSSR count). The van der Waals surface area contributed by atoms with E-state index in [2.05, 4.69) is 30.4 Å². The van der Waals surface area contributed by atoms with E-state index in [1.54, 1.807) is 0 Å². The van der Waals surface area contributed by atoms with E-state index < -0.39 is 0 Å². The topological polar surface area (TPSA) is 49.3 Å². The summed E-state index contributed by atoms with van der Waals surface area (Å²) in [6, 6.07) is 8.28. The van der Waals surface area contributed by atoms with Gasteiger partial charge in [0.25, 0.3) is 0 Å². The fourth-order valence-corrected chi connectivity index (χ4v) is 3.08. The van der Waals surface area contributed by atoms with Crippen LogP contribution < -0.4 is 5.32 Å². The van der Waals surface area contributed by atoms with E-state index in [0.29, 0.717) is 6.54 Å². The zero-order chi connectivity index (χ0) is 13.7. The fraction of sp³-hybridized carbons (Fsp3) is 0.562. The van der Waals surface area contributed by atoms with E-state index in [0.717, 1.165) is 31.2 Å². The molecule has 0 saturated heterocycles. The molecule has 0 unspecified atom stereocenters. The van der Waals surface area contributed by atoms with E-state index in [4.69, 9.17) is 5.11 Å². The van der Waals surface area contributed by atoms with Gasteiger partial charge in [-0.1, -0.05) is 49.1 Å². The Bertz CT molecular complexity index is 436. The van der Waals surface area contributed by atoms with Crippen LogP contribution in [0.1, 0.15) is 43.2 Å². The first-order valence-corrected chi connectivity index (χ1v) is 7.15. The molecule has 1 aromatic carbocycles. The van der Waals surface area contributed by atoms with Crippen LogP contribution in [0.25, 0.3) is 0 Å². The normalized spacial score (nSPS) is 18.0. The highest BCUT2D eigenvalue weighted by atomic mass is 16.3. The summed E-state index contributed by atoms with van der Waals surface area (Å²) in [4.78, 5) is 12.6. The standard InChI is InChI=1S/C16H23NO2/c1-13-6-5-7-14(12-13)16(8-3-2-4-9-16)15(19)17-10-11-18/h5-7,12,18H,2-4,8-11H2,1H3,(H,17,19). The number of aliphatic hydroxyl groups excluding tert-OH is 1. The van der Waals surface area contributed by atoms with Gasteiger partial charge in [-0.15, -0.1) is 0 Å². The second-order valence-corrected chi connectivity index (χ2v) is 5.49. The maximum Gasteiger partial charge on any atom is 0.230 e. The minimum Gasteiger partial charge on any atom is -0.395 e. The first kappa shape index (κ1) is 14.1. The number of aryl methyl sites for hydroxylation is 1. The lowest BCUT2D eigenvalue weighted by Crippen LogP contribution is -2.46. The van der Waals surface area contributed by atoms with Crippen molar-refractivity contribution < 1.29 is 9.90 Å². The predicted molar refractivity (Wildman–Crippen MR) is 76.0 cm³/mol. The summed E-state index contributed by atoms with van der Waals surface area (Å²) in [5.74, 6) is 0.0758. The number of nitrogens with one attached hydrogen (secondary N) is 1. The summed E-state index contributed by atoms with van der Waals surface area (Å²) in [7, 11) is 0. The van der Waals surface area contributed by atoms with Crippen LogP contribution in [-0.2, 0) is 10.2 Å². The van der Waals surface area contributed by atoms with Crippen LogP contribution in [0.15, 0.2) is 24.3 Å². The average Bonchev–Trinajstić information content (AvgIpc) is 2.45. The van der Waals surface area contributed by atoms with Gasteiger partial charge in [0, 0.05) is 6.54 Å². The van der Waals surface area contributed by atoms with E-state index in [-0.39, 0.29) is 17.9 Å². The molecule has 0 atom stereocenters. The highest BCUT2D eigenvalue weighted by Crippen LogP contribution is 2.39. The van der Waals surface area contributed by atoms with Gasteiger partial charge in [-0.05, 0) is 25.3 Å². The van der Waals surface area contributed by atoms with Gasteiger partial charge in [-0.25, -0.2) is 0 Å². The Kier molecular flexibility index (Phi) is 4.59. The van der Waals surface area contributed by atoms with Crippen LogP contribution in [0.4, 0.5) is 0 Å². The smallest absolute Gasteiger partial charge is 0.230 e. The van der Waals surface area contributed by atoms with Crippen molar-refractivity contribution in [2.24, 2.45) is 0 Å². The summed E-state index contributed by atoms with van der Waals surface area (Å²) < 4.78 is 0. The molecule has 0 spiro atoms. The Labute approximate surface area is 115 Å². The van der Waals surface area contributed by atoms with Gasteiger partial charge in [-0.2, -0.15) is 0 Å². The van der Waals surface area contributed by atoms with Gasteiger partial charge in [0.1, 0.15) is 0 Å². The van der Waals surface area contributed by atoms with Gasteiger partial charge in [0.15, 0.2) is 0 Å². The van der Waals surface area contributed by atoms with E-state index in [1.165, 1.54) is 12.0 Å². The number of aliphatic hydroxyl groups is 1. The Morgan fingerprint density at radius 1 is 1.32 bits per heavy atom. The van der Waals surface area contributed by atoms with Crippen molar-refractivity contribution in [2.45, 2.75) is 44.4 Å². The molecule has 1 saturated carbocycles. The summed E-state index contributed by atoms with van der Waals surface area (Å²) in [6.45, 7) is 2.40. The van der Waals surface area contributed by atoms with Gasteiger partial charge in [0.2, 0.25) is 5.91 Å². The molecular weight excluding hydrogens is 238 g/mol. The SMILES string of the molecule is Cc1cccc(C2(C(=O)NCCO)CCCCC2)c1. The molecule has 19 heavy (non-hydrogen) atoms. The lowest BCUT2D eigenvalue weighted by Gasteiger charge is -2.36. The fourth-order valence-electron chi connectivity index (χ4n) is 3.08. The van der Waals surface area contributed by atoms with Crippen LogP contribution >= 0.6 is 0 Å². The number of hydrogen-bond donors (Lipinski definition) is 2. The van der Waals surface area contributed by atoms with Crippen molar-refractivity contribution in [1.82, 2.24) is 5.32 Å². The molecule has 0 radical (unpaired) electrons. The summed E-state index contributed by atoms with van der Waals surface area (Å²) >= 11 is 0. The van der Waals surface area contributed by atoms with Crippen LogP contribution in [0.5, 0.6) is 0 Å². The first-order chi connectivity index (χ1) is 9.19. The van der Waals surface area contributed by atoms with Gasteiger partial charge in [-0.3, -0.25) is 4.79 Å². The number of carbonyl (C=O) groups is 1. The van der Waals surface area contributed by atoms with E-state index in [9.17, 15) is 4.79 Å². The molecule has 3 heteroatoms. The third-order valence-electron chi connectivity index (χ3n) is 4.11. The number of carbonyl (C=O) groups excluding carboxylic acids is 1. The molecule has 1 aliphatic carbocycles. The maximum absolute atomic E-state index is 12.6. The molecule has 1 fully saturated rings. The van der Waals surface area contributed by atoms with Crippen LogP contribution in [0.2, 0.25) is 0 Å². The summed E-state index contributed by atoms with van der Waals surface area (Å²) in [6.07, 6.45) is 5.23. The summed E-state index contributed by atoms with van der Waals surface area (Å²) in [5.41, 5.74) is 1.93. The molecule has 0 heterocycles. The average molecular weight is 261 g/mol. The molecular formula is C16H23NO2. The number of benzene rings is 1. The van der Waals surface area contributed by atoms with Crippen LogP contribution in [-0.4, -0.2) is 24.2 Å². The third kappa shape index (κ3) is 2.98. The Morgan fingerprint density at radius 3 is 2.68 bits per heavy atom. The second kappa shape index (κ2) is 6.20. The Hall–Kier alpha value is -1.35. The minimum atomic E-state index is -0.389. The molecule has 0 aromatic heterocycles. The van der Waals surface area contributed by atoms with Gasteiger partial charge < -0.3 is 10.4 Å². The van der Waals surface area contributed by atoms with Crippen LogP contribution in [0.3, 0.4) is 0 Å². The molecule has 1 aromatic rings. The van der Waals surface area contributed by atoms with Crippen molar-refractivity contribution in [1.29, 1.82) is 0 Å². The van der Waals surface area contributed by atoms with Crippen molar-refractivity contribution >= 4 is 5.91 Å². The zero-order valence-electron chi connectivity index (χ0n) is 11.6. The molecule has 0 bridgehead atoms. The van der Waals surface area contributed by atoms with Crippen molar-refractivity contribution in [3.8, 4) is 0 Å². The lowest BCUT2D eigenvalue weighted by molar-refractivity contribution is -0.128. The largest absolute Gasteiger partial charge is 0.395 e. The van der Waals surface area contributed by atoms with Crippen molar-refractivity contribution in [3.05, 3.63) is 35.4 Å². The molecule has 0 aliphatic heterocycles. The van der Waals surface area contributed by atoms with Crippen molar-refractivity contribution in [3.63, 3.8) is 0 Å². The maximum atomic E-state index is 12.6. The predicted octanol–water partition coefficient (Wildman–Crippen LogP) is 2.31. The quantitative estimate of drug-likeness (QED) is 0.873. The Balaban J connectivity index is 2.31. The lowest BCUT2D eigenvalue weighted by atomic mass is 9.68. The molecule has 3 nitrogen and oxygen atoms in total. The van der Waals surface area contributed by atoms with E-state index in [1.807, 2.05) is 6.07 Å². The Morgan fingerprint density at radius 2 is 2.05 bits per heavy atom. The first-order valence-electron chi connectivity index (χ1n) is 7.15. The minimum absolute atomic E-state index is 0.00433. The zero-order valence-corrected chi connectivity index (χ0v) is 11.6. The molecule has 1 amide bonds. The monoisotopic (exact) mass is 261 g/mol. The van der Waals surface area contributed by atoms with Gasteiger partial charge >= 0.3 is 0 Å². The number of rotatable bonds is 4. The second-order valence-electron chi connectivity index (χ2n) is 5.49. The summed E-state index contributed by atoms with van der Waals surface area (Å²) in [5, 5.41) is 11.8.